The fraction of sp³-hybridized carbons (Fsp3) is 0.429. The summed E-state index contributed by atoms with van der Waals surface area (Å²) in [6.07, 6.45) is 0.860. The molecule has 0 saturated heterocycles. The first-order chi connectivity index (χ1) is 10.3. The van der Waals surface area contributed by atoms with E-state index in [4.69, 9.17) is 21.1 Å². The third-order valence-corrected chi connectivity index (χ3v) is 3.86. The van der Waals surface area contributed by atoms with Gasteiger partial charge in [-0.2, -0.15) is 0 Å². The highest BCUT2D eigenvalue weighted by Gasteiger charge is 2.05. The Balaban J connectivity index is 1.72. The minimum Gasteiger partial charge on any atom is -0.486 e. The van der Waals surface area contributed by atoms with Crippen molar-refractivity contribution in [2.24, 2.45) is 0 Å². The molecule has 1 heterocycles. The Bertz CT molecular complexity index is 551. The van der Waals surface area contributed by atoms with Crippen LogP contribution in [0.4, 0.5) is 0 Å². The van der Waals surface area contributed by atoms with Crippen molar-refractivity contribution < 1.29 is 9.47 Å². The number of hydrogen-bond acceptors (Lipinski definition) is 6. The number of halogens is 1. The first-order valence-electron chi connectivity index (χ1n) is 6.67. The molecule has 0 aliphatic carbocycles. The van der Waals surface area contributed by atoms with Crippen LogP contribution in [0, 0.1) is 0 Å². The van der Waals surface area contributed by atoms with E-state index < -0.39 is 0 Å². The maximum atomic E-state index is 5.90. The Kier molecular flexibility index (Phi) is 6.88. The van der Waals surface area contributed by atoms with Crippen LogP contribution in [0.25, 0.3) is 0 Å². The van der Waals surface area contributed by atoms with Gasteiger partial charge in [0.25, 0.3) is 0 Å². The summed E-state index contributed by atoms with van der Waals surface area (Å²) in [6, 6.07) is 7.32. The number of nitrogens with zero attached hydrogens (tertiary/aromatic N) is 2. The molecular weight excluding hydrogens is 310 g/mol. The minimum atomic E-state index is 0.412. The van der Waals surface area contributed by atoms with Gasteiger partial charge in [-0.05, 0) is 18.2 Å². The van der Waals surface area contributed by atoms with E-state index in [1.54, 1.807) is 24.5 Å². The largest absolute Gasteiger partial charge is 0.486 e. The highest BCUT2D eigenvalue weighted by atomic mass is 35.5. The van der Waals surface area contributed by atoms with E-state index in [-0.39, 0.29) is 0 Å². The zero-order chi connectivity index (χ0) is 14.9. The summed E-state index contributed by atoms with van der Waals surface area (Å²) in [4.78, 5) is 0. The van der Waals surface area contributed by atoms with Crippen molar-refractivity contribution in [1.82, 2.24) is 15.5 Å². The summed E-state index contributed by atoms with van der Waals surface area (Å²) in [7, 11) is 1.69. The number of aromatic nitrogens is 2. The molecule has 0 atom stereocenters. The van der Waals surface area contributed by atoms with E-state index in [1.807, 2.05) is 18.2 Å². The molecule has 0 bridgehead atoms. The van der Waals surface area contributed by atoms with E-state index in [0.29, 0.717) is 11.6 Å². The first kappa shape index (κ1) is 16.2. The number of benzene rings is 1. The third-order valence-electron chi connectivity index (χ3n) is 2.67. The second-order valence-electron chi connectivity index (χ2n) is 4.33. The van der Waals surface area contributed by atoms with Crippen molar-refractivity contribution >= 4 is 22.9 Å². The molecule has 1 aromatic carbocycles. The lowest BCUT2D eigenvalue weighted by Gasteiger charge is -2.03. The number of rotatable bonds is 9. The molecule has 0 saturated carbocycles. The van der Waals surface area contributed by atoms with E-state index in [2.05, 4.69) is 15.5 Å². The number of ether oxygens (including phenoxy) is 2. The van der Waals surface area contributed by atoms with Gasteiger partial charge in [0.05, 0.1) is 6.61 Å². The quantitative estimate of drug-likeness (QED) is 0.717. The highest BCUT2D eigenvalue weighted by molar-refractivity contribution is 7.11. The molecular formula is C14H18ClN3O2S. The van der Waals surface area contributed by atoms with Gasteiger partial charge in [0.2, 0.25) is 0 Å². The van der Waals surface area contributed by atoms with Crippen LogP contribution in [0.3, 0.4) is 0 Å². The third kappa shape index (κ3) is 5.97. The number of hydrogen-bond donors (Lipinski definition) is 1. The van der Waals surface area contributed by atoms with Crippen molar-refractivity contribution in [2.75, 3.05) is 26.8 Å². The Hall–Kier alpha value is -1.21. The second kappa shape index (κ2) is 8.94. The SMILES string of the molecule is COCCNCCc1nnc(COc2cccc(Cl)c2)s1. The van der Waals surface area contributed by atoms with Gasteiger partial charge in [-0.15, -0.1) is 10.2 Å². The molecule has 21 heavy (non-hydrogen) atoms. The minimum absolute atomic E-state index is 0.412. The predicted molar refractivity (Wildman–Crippen MR) is 84.1 cm³/mol. The maximum Gasteiger partial charge on any atom is 0.155 e. The van der Waals surface area contributed by atoms with Crippen molar-refractivity contribution in [3.63, 3.8) is 0 Å². The molecule has 0 aliphatic heterocycles. The molecule has 114 valence electrons. The number of nitrogens with one attached hydrogen (secondary N) is 1. The normalized spacial score (nSPS) is 10.8. The van der Waals surface area contributed by atoms with Gasteiger partial charge in [0.15, 0.2) is 5.01 Å². The van der Waals surface area contributed by atoms with E-state index in [1.165, 1.54) is 0 Å². The van der Waals surface area contributed by atoms with Gasteiger partial charge in [-0.25, -0.2) is 0 Å². The summed E-state index contributed by atoms with van der Waals surface area (Å²) in [5.41, 5.74) is 0. The van der Waals surface area contributed by atoms with Crippen LogP contribution < -0.4 is 10.1 Å². The Morgan fingerprint density at radius 2 is 2.10 bits per heavy atom. The van der Waals surface area contributed by atoms with E-state index in [9.17, 15) is 0 Å². The highest BCUT2D eigenvalue weighted by Crippen LogP contribution is 2.19. The van der Waals surface area contributed by atoms with Gasteiger partial charge in [-0.1, -0.05) is 29.0 Å². The molecule has 2 aromatic rings. The van der Waals surface area contributed by atoms with Crippen LogP contribution >= 0.6 is 22.9 Å². The molecule has 0 amide bonds. The Morgan fingerprint density at radius 3 is 2.90 bits per heavy atom. The van der Waals surface area contributed by atoms with Gasteiger partial charge >= 0.3 is 0 Å². The van der Waals surface area contributed by atoms with Crippen LogP contribution in [0.15, 0.2) is 24.3 Å². The summed E-state index contributed by atoms with van der Waals surface area (Å²) >= 11 is 7.47. The lowest BCUT2D eigenvalue weighted by Crippen LogP contribution is -2.21. The van der Waals surface area contributed by atoms with Gasteiger partial charge in [0.1, 0.15) is 17.4 Å². The van der Waals surface area contributed by atoms with E-state index in [0.717, 1.165) is 41.9 Å². The van der Waals surface area contributed by atoms with Crippen LogP contribution in [-0.4, -0.2) is 37.0 Å². The maximum absolute atomic E-state index is 5.90. The van der Waals surface area contributed by atoms with Crippen molar-refractivity contribution in [3.8, 4) is 5.75 Å². The van der Waals surface area contributed by atoms with Crippen LogP contribution in [0.1, 0.15) is 10.0 Å². The first-order valence-corrected chi connectivity index (χ1v) is 7.86. The number of methoxy groups -OCH3 is 1. The molecule has 0 aliphatic rings. The summed E-state index contributed by atoms with van der Waals surface area (Å²) in [5, 5.41) is 14.1. The van der Waals surface area contributed by atoms with Gasteiger partial charge in [0, 0.05) is 31.6 Å². The molecule has 5 nitrogen and oxygen atoms in total. The fourth-order valence-corrected chi connectivity index (χ4v) is 2.58. The van der Waals surface area contributed by atoms with Crippen LogP contribution in [0.5, 0.6) is 5.75 Å². The molecule has 7 heteroatoms. The molecule has 1 aromatic heterocycles. The molecule has 0 unspecified atom stereocenters. The zero-order valence-electron chi connectivity index (χ0n) is 11.8. The van der Waals surface area contributed by atoms with Crippen molar-refractivity contribution in [1.29, 1.82) is 0 Å². The van der Waals surface area contributed by atoms with E-state index >= 15 is 0 Å². The molecule has 2 rings (SSSR count). The lowest BCUT2D eigenvalue weighted by molar-refractivity contribution is 0.199. The van der Waals surface area contributed by atoms with Gasteiger partial charge < -0.3 is 14.8 Å². The zero-order valence-corrected chi connectivity index (χ0v) is 13.4. The molecule has 0 radical (unpaired) electrons. The standard InChI is InChI=1S/C14H18ClN3O2S/c1-19-8-7-16-6-5-13-17-18-14(21-13)10-20-12-4-2-3-11(15)9-12/h2-4,9,16H,5-8,10H2,1H3. The molecule has 1 N–H and O–H groups in total. The lowest BCUT2D eigenvalue weighted by atomic mass is 10.3. The smallest absolute Gasteiger partial charge is 0.155 e. The molecule has 0 spiro atoms. The molecule has 0 fully saturated rings. The summed E-state index contributed by atoms with van der Waals surface area (Å²) < 4.78 is 10.6. The van der Waals surface area contributed by atoms with Crippen LogP contribution in [-0.2, 0) is 17.8 Å². The average molecular weight is 328 g/mol. The monoisotopic (exact) mass is 327 g/mol. The van der Waals surface area contributed by atoms with Gasteiger partial charge in [-0.3, -0.25) is 0 Å². The fourth-order valence-electron chi connectivity index (χ4n) is 1.64. The topological polar surface area (TPSA) is 56.3 Å². The van der Waals surface area contributed by atoms with Crippen molar-refractivity contribution in [3.05, 3.63) is 39.3 Å². The Morgan fingerprint density at radius 1 is 1.24 bits per heavy atom. The second-order valence-corrected chi connectivity index (χ2v) is 5.91. The summed E-state index contributed by atoms with van der Waals surface area (Å²) in [5.74, 6) is 0.737. The average Bonchev–Trinajstić information content (AvgIpc) is 2.93. The van der Waals surface area contributed by atoms with Crippen LogP contribution in [0.2, 0.25) is 5.02 Å². The Labute approximate surface area is 133 Å². The predicted octanol–water partition coefficient (Wildman–Crippen LogP) is 2.55. The van der Waals surface area contributed by atoms with Crippen molar-refractivity contribution in [2.45, 2.75) is 13.0 Å². The summed E-state index contributed by atoms with van der Waals surface area (Å²) in [6.45, 7) is 2.84.